The van der Waals surface area contributed by atoms with Crippen LogP contribution in [0.5, 0.6) is 0 Å². The van der Waals surface area contributed by atoms with Crippen LogP contribution < -0.4 is 5.32 Å². The highest BCUT2D eigenvalue weighted by atomic mass is 32.1. The van der Waals surface area contributed by atoms with Crippen LogP contribution in [0, 0.1) is 0 Å². The zero-order valence-corrected chi connectivity index (χ0v) is 12.0. The van der Waals surface area contributed by atoms with Gasteiger partial charge < -0.3 is 10.3 Å². The van der Waals surface area contributed by atoms with Crippen LogP contribution in [0.2, 0.25) is 0 Å². The highest BCUT2D eigenvalue weighted by Crippen LogP contribution is 2.26. The molecule has 0 aliphatic heterocycles. The Morgan fingerprint density at radius 3 is 2.78 bits per heavy atom. The van der Waals surface area contributed by atoms with Gasteiger partial charge in [0, 0.05) is 47.9 Å². The molecular formula is C13H20N4S. The van der Waals surface area contributed by atoms with Crippen molar-refractivity contribution in [2.45, 2.75) is 39.2 Å². The van der Waals surface area contributed by atoms with E-state index in [2.05, 4.69) is 41.0 Å². The molecule has 0 aliphatic rings. The molecule has 4 nitrogen and oxygen atoms in total. The Bertz CT molecular complexity index is 467. The summed E-state index contributed by atoms with van der Waals surface area (Å²) in [7, 11) is 0. The van der Waals surface area contributed by atoms with Crippen molar-refractivity contribution >= 4 is 11.3 Å². The van der Waals surface area contributed by atoms with E-state index in [4.69, 9.17) is 0 Å². The fourth-order valence-corrected chi connectivity index (χ4v) is 2.53. The third kappa shape index (κ3) is 3.65. The predicted octanol–water partition coefficient (Wildman–Crippen LogP) is 2.50. The molecule has 0 bridgehead atoms. The normalized spacial score (nSPS) is 11.9. The molecule has 2 aromatic rings. The molecule has 98 valence electrons. The van der Waals surface area contributed by atoms with Crippen molar-refractivity contribution in [3.05, 3.63) is 34.3 Å². The number of aromatic nitrogens is 3. The molecule has 0 radical (unpaired) electrons. The van der Waals surface area contributed by atoms with Crippen LogP contribution in [0.4, 0.5) is 0 Å². The molecule has 0 unspecified atom stereocenters. The van der Waals surface area contributed by atoms with Crippen molar-refractivity contribution in [1.29, 1.82) is 0 Å². The lowest BCUT2D eigenvalue weighted by molar-refractivity contribution is 0.585. The van der Waals surface area contributed by atoms with Gasteiger partial charge in [-0.15, -0.1) is 11.3 Å². The van der Waals surface area contributed by atoms with Crippen LogP contribution in [0.25, 0.3) is 0 Å². The van der Waals surface area contributed by atoms with Crippen molar-refractivity contribution in [2.24, 2.45) is 0 Å². The zero-order chi connectivity index (χ0) is 13.0. The highest BCUT2D eigenvalue weighted by molar-refractivity contribution is 7.11. The molecule has 2 aromatic heterocycles. The van der Waals surface area contributed by atoms with Crippen LogP contribution in [0.1, 0.15) is 36.3 Å². The van der Waals surface area contributed by atoms with Crippen LogP contribution in [-0.4, -0.2) is 21.5 Å². The van der Waals surface area contributed by atoms with Crippen molar-refractivity contribution in [1.82, 2.24) is 20.3 Å². The predicted molar refractivity (Wildman–Crippen MR) is 74.8 cm³/mol. The summed E-state index contributed by atoms with van der Waals surface area (Å²) in [6.45, 7) is 8.43. The first kappa shape index (κ1) is 13.2. The standard InChI is InChI=1S/C13H20N4S/c1-13(2,3)12-16-8-11(18-12)7-14-5-4-10-6-15-9-17-10/h6,8-9,14H,4-5,7H2,1-3H3,(H,15,17). The Hall–Kier alpha value is -1.20. The first-order chi connectivity index (χ1) is 8.55. The third-order valence-corrected chi connectivity index (χ3v) is 4.04. The Kier molecular flexibility index (Phi) is 4.14. The minimum Gasteiger partial charge on any atom is -0.348 e. The van der Waals surface area contributed by atoms with E-state index in [1.165, 1.54) is 15.6 Å². The first-order valence-corrected chi connectivity index (χ1v) is 7.00. The Morgan fingerprint density at radius 1 is 1.33 bits per heavy atom. The average Bonchev–Trinajstić information content (AvgIpc) is 2.95. The maximum absolute atomic E-state index is 4.48. The number of hydrogen-bond acceptors (Lipinski definition) is 4. The largest absolute Gasteiger partial charge is 0.348 e. The lowest BCUT2D eigenvalue weighted by atomic mass is 9.98. The smallest absolute Gasteiger partial charge is 0.0981 e. The summed E-state index contributed by atoms with van der Waals surface area (Å²) >= 11 is 1.79. The molecule has 2 rings (SSSR count). The van der Waals surface area contributed by atoms with Crippen LogP contribution >= 0.6 is 11.3 Å². The molecule has 0 aliphatic carbocycles. The Morgan fingerprint density at radius 2 is 2.17 bits per heavy atom. The quantitative estimate of drug-likeness (QED) is 0.816. The van der Waals surface area contributed by atoms with E-state index in [-0.39, 0.29) is 5.41 Å². The van der Waals surface area contributed by atoms with Gasteiger partial charge in [-0.1, -0.05) is 20.8 Å². The molecule has 0 spiro atoms. The highest BCUT2D eigenvalue weighted by Gasteiger charge is 2.17. The van der Waals surface area contributed by atoms with E-state index < -0.39 is 0 Å². The average molecular weight is 264 g/mol. The lowest BCUT2D eigenvalue weighted by Gasteiger charge is -2.13. The summed E-state index contributed by atoms with van der Waals surface area (Å²) in [5.41, 5.74) is 1.32. The molecule has 18 heavy (non-hydrogen) atoms. The zero-order valence-electron chi connectivity index (χ0n) is 11.2. The Labute approximate surface area is 112 Å². The number of H-pyrrole nitrogens is 1. The maximum atomic E-state index is 4.48. The van der Waals surface area contributed by atoms with Gasteiger partial charge in [0.2, 0.25) is 0 Å². The molecule has 0 saturated carbocycles. The SMILES string of the molecule is CC(C)(C)c1ncc(CNCCc2cnc[nH]2)s1. The Balaban J connectivity index is 1.75. The van der Waals surface area contributed by atoms with Gasteiger partial charge in [0.1, 0.15) is 0 Å². The molecular weight excluding hydrogens is 244 g/mol. The molecule has 2 N–H and O–H groups in total. The molecule has 0 saturated heterocycles. The summed E-state index contributed by atoms with van der Waals surface area (Å²) in [5, 5.41) is 4.63. The summed E-state index contributed by atoms with van der Waals surface area (Å²) in [6.07, 6.45) is 6.54. The summed E-state index contributed by atoms with van der Waals surface area (Å²) < 4.78 is 0. The van der Waals surface area contributed by atoms with Crippen molar-refractivity contribution in [2.75, 3.05) is 6.54 Å². The van der Waals surface area contributed by atoms with Gasteiger partial charge in [-0.05, 0) is 0 Å². The third-order valence-electron chi connectivity index (χ3n) is 2.62. The van der Waals surface area contributed by atoms with Crippen LogP contribution in [0.15, 0.2) is 18.7 Å². The van der Waals surface area contributed by atoms with E-state index in [0.717, 1.165) is 19.5 Å². The summed E-state index contributed by atoms with van der Waals surface area (Å²) in [4.78, 5) is 12.9. The number of nitrogens with zero attached hydrogens (tertiary/aromatic N) is 2. The fourth-order valence-electron chi connectivity index (χ4n) is 1.59. The minimum atomic E-state index is 0.152. The van der Waals surface area contributed by atoms with E-state index in [1.807, 2.05) is 12.4 Å². The van der Waals surface area contributed by atoms with Gasteiger partial charge in [0.05, 0.1) is 11.3 Å². The topological polar surface area (TPSA) is 53.6 Å². The van der Waals surface area contributed by atoms with Crippen molar-refractivity contribution in [3.63, 3.8) is 0 Å². The summed E-state index contributed by atoms with van der Waals surface area (Å²) in [5.74, 6) is 0. The fraction of sp³-hybridized carbons (Fsp3) is 0.538. The van der Waals surface area contributed by atoms with Gasteiger partial charge in [-0.2, -0.15) is 0 Å². The second-order valence-electron chi connectivity index (χ2n) is 5.39. The van der Waals surface area contributed by atoms with Crippen LogP contribution in [0.3, 0.4) is 0 Å². The van der Waals surface area contributed by atoms with E-state index in [0.29, 0.717) is 0 Å². The maximum Gasteiger partial charge on any atom is 0.0981 e. The first-order valence-electron chi connectivity index (χ1n) is 6.19. The molecule has 0 amide bonds. The number of aromatic amines is 1. The van der Waals surface area contributed by atoms with Gasteiger partial charge in [-0.25, -0.2) is 9.97 Å². The number of thiazole rings is 1. The second-order valence-corrected chi connectivity index (χ2v) is 6.50. The number of rotatable bonds is 5. The summed E-state index contributed by atoms with van der Waals surface area (Å²) in [6, 6.07) is 0. The molecule has 0 fully saturated rings. The van der Waals surface area contributed by atoms with Crippen LogP contribution in [-0.2, 0) is 18.4 Å². The molecule has 0 aromatic carbocycles. The van der Waals surface area contributed by atoms with Gasteiger partial charge in [-0.3, -0.25) is 0 Å². The molecule has 2 heterocycles. The van der Waals surface area contributed by atoms with Gasteiger partial charge in [0.15, 0.2) is 0 Å². The van der Waals surface area contributed by atoms with E-state index in [1.54, 1.807) is 17.7 Å². The van der Waals surface area contributed by atoms with E-state index in [9.17, 15) is 0 Å². The van der Waals surface area contributed by atoms with Gasteiger partial charge >= 0.3 is 0 Å². The second kappa shape index (κ2) is 5.63. The number of nitrogens with one attached hydrogen (secondary N) is 2. The van der Waals surface area contributed by atoms with Gasteiger partial charge in [0.25, 0.3) is 0 Å². The lowest BCUT2D eigenvalue weighted by Crippen LogP contribution is -2.16. The molecule has 5 heteroatoms. The number of hydrogen-bond donors (Lipinski definition) is 2. The van der Waals surface area contributed by atoms with E-state index >= 15 is 0 Å². The molecule has 0 atom stereocenters. The van der Waals surface area contributed by atoms with Crippen molar-refractivity contribution in [3.8, 4) is 0 Å². The van der Waals surface area contributed by atoms with Crippen molar-refractivity contribution < 1.29 is 0 Å². The number of imidazole rings is 1. The monoisotopic (exact) mass is 264 g/mol. The minimum absolute atomic E-state index is 0.152.